The lowest BCUT2D eigenvalue weighted by Crippen LogP contribution is -2.31. The molecule has 1 unspecified atom stereocenters. The van der Waals surface area contributed by atoms with Gasteiger partial charge < -0.3 is 9.42 Å². The zero-order valence-corrected chi connectivity index (χ0v) is 16.5. The van der Waals surface area contributed by atoms with Gasteiger partial charge in [0, 0.05) is 12.1 Å². The quantitative estimate of drug-likeness (QED) is 0.520. The largest absolute Gasteiger partial charge is 0.337 e. The Hall–Kier alpha value is -3.81. The average Bonchev–Trinajstić information content (AvgIpc) is 3.55. The van der Waals surface area contributed by atoms with Crippen molar-refractivity contribution in [2.75, 3.05) is 6.54 Å². The molecule has 1 aliphatic rings. The molecule has 0 spiro atoms. The fourth-order valence-corrected chi connectivity index (χ4v) is 3.83. The Kier molecular flexibility index (Phi) is 4.59. The molecule has 0 N–H and O–H groups in total. The van der Waals surface area contributed by atoms with Gasteiger partial charge in [0.2, 0.25) is 11.7 Å². The van der Waals surface area contributed by atoms with Crippen molar-refractivity contribution in [3.8, 4) is 17.1 Å². The van der Waals surface area contributed by atoms with E-state index < -0.39 is 0 Å². The van der Waals surface area contributed by atoms with Crippen molar-refractivity contribution in [1.29, 1.82) is 0 Å². The predicted molar refractivity (Wildman–Crippen MR) is 109 cm³/mol. The molecular weight excluding hydrogens is 380 g/mol. The van der Waals surface area contributed by atoms with Gasteiger partial charge in [-0.15, -0.1) is 0 Å². The molecule has 150 valence electrons. The molecule has 0 aliphatic carbocycles. The number of amides is 1. The van der Waals surface area contributed by atoms with Crippen LogP contribution < -0.4 is 0 Å². The van der Waals surface area contributed by atoms with Crippen LogP contribution in [0.15, 0.2) is 65.4 Å². The summed E-state index contributed by atoms with van der Waals surface area (Å²) in [7, 11) is 0. The lowest BCUT2D eigenvalue weighted by Gasteiger charge is -2.23. The van der Waals surface area contributed by atoms with Crippen LogP contribution in [0.5, 0.6) is 0 Å². The highest BCUT2D eigenvalue weighted by atomic mass is 16.5. The number of carbonyl (C=O) groups excluding carboxylic acids is 1. The highest BCUT2D eigenvalue weighted by Gasteiger charge is 2.35. The average molecular weight is 400 g/mol. The first-order valence-corrected chi connectivity index (χ1v) is 9.88. The maximum atomic E-state index is 13.5. The number of nitrogens with zero attached hydrogens (tertiary/aromatic N) is 6. The first-order chi connectivity index (χ1) is 14.7. The zero-order valence-electron chi connectivity index (χ0n) is 16.5. The Balaban J connectivity index is 1.47. The Morgan fingerprint density at radius 3 is 2.70 bits per heavy atom. The minimum Gasteiger partial charge on any atom is -0.337 e. The van der Waals surface area contributed by atoms with Gasteiger partial charge in [-0.3, -0.25) is 4.79 Å². The number of hydrogen-bond acceptors (Lipinski definition) is 6. The fourth-order valence-electron chi connectivity index (χ4n) is 3.83. The molecule has 1 atom stereocenters. The van der Waals surface area contributed by atoms with E-state index in [1.54, 1.807) is 12.4 Å². The van der Waals surface area contributed by atoms with Crippen LogP contribution in [-0.4, -0.2) is 42.5 Å². The van der Waals surface area contributed by atoms with Crippen molar-refractivity contribution in [2.45, 2.75) is 25.8 Å². The molecule has 3 heterocycles. The molecule has 5 rings (SSSR count). The molecule has 0 radical (unpaired) electrons. The third-order valence-corrected chi connectivity index (χ3v) is 5.29. The molecule has 1 saturated heterocycles. The molecule has 2 aromatic heterocycles. The second kappa shape index (κ2) is 7.55. The maximum Gasteiger partial charge on any atom is 0.256 e. The van der Waals surface area contributed by atoms with Crippen molar-refractivity contribution >= 4 is 5.91 Å². The Bertz CT molecular complexity index is 1170. The first kappa shape index (κ1) is 18.2. The highest BCUT2D eigenvalue weighted by Crippen LogP contribution is 2.34. The van der Waals surface area contributed by atoms with E-state index in [1.165, 1.54) is 4.80 Å². The second-order valence-electron chi connectivity index (χ2n) is 7.32. The number of aryl methyl sites for hydroxylation is 1. The van der Waals surface area contributed by atoms with E-state index in [-0.39, 0.29) is 11.9 Å². The number of rotatable bonds is 4. The molecule has 1 amide bonds. The van der Waals surface area contributed by atoms with Crippen LogP contribution in [0, 0.1) is 6.92 Å². The standard InChI is InChI=1S/C22H20N6O2/c1-15-9-10-18(28-23-11-12-24-28)17(14-15)22(29)27-13-5-8-19(27)21-25-20(26-30-21)16-6-3-2-4-7-16/h2-4,6-7,9-12,14,19H,5,8,13H2,1H3. The Morgan fingerprint density at radius 1 is 1.10 bits per heavy atom. The van der Waals surface area contributed by atoms with Crippen molar-refractivity contribution in [3.63, 3.8) is 0 Å². The van der Waals surface area contributed by atoms with Crippen LogP contribution in [0.4, 0.5) is 0 Å². The zero-order chi connectivity index (χ0) is 20.5. The molecule has 4 aromatic rings. The van der Waals surface area contributed by atoms with E-state index in [0.717, 1.165) is 24.0 Å². The topological polar surface area (TPSA) is 89.9 Å². The molecule has 8 nitrogen and oxygen atoms in total. The van der Waals surface area contributed by atoms with E-state index in [2.05, 4.69) is 20.3 Å². The van der Waals surface area contributed by atoms with Gasteiger partial charge in [0.15, 0.2) is 0 Å². The SMILES string of the molecule is Cc1ccc(-n2nccn2)c(C(=O)N2CCCC2c2nc(-c3ccccc3)no2)c1. The lowest BCUT2D eigenvalue weighted by molar-refractivity contribution is 0.0709. The minimum atomic E-state index is -0.249. The van der Waals surface area contributed by atoms with Gasteiger partial charge in [0.1, 0.15) is 6.04 Å². The van der Waals surface area contributed by atoms with Crippen LogP contribution in [0.1, 0.15) is 40.7 Å². The molecule has 1 aliphatic heterocycles. The van der Waals surface area contributed by atoms with Crippen molar-refractivity contribution in [2.24, 2.45) is 0 Å². The van der Waals surface area contributed by atoms with Crippen molar-refractivity contribution in [1.82, 2.24) is 30.0 Å². The first-order valence-electron chi connectivity index (χ1n) is 9.88. The predicted octanol–water partition coefficient (Wildman–Crippen LogP) is 3.60. The molecule has 8 heteroatoms. The summed E-state index contributed by atoms with van der Waals surface area (Å²) in [5.74, 6) is 0.904. The summed E-state index contributed by atoms with van der Waals surface area (Å²) in [6.45, 7) is 2.59. The summed E-state index contributed by atoms with van der Waals surface area (Å²) in [6, 6.07) is 15.1. The summed E-state index contributed by atoms with van der Waals surface area (Å²) < 4.78 is 5.56. The second-order valence-corrected chi connectivity index (χ2v) is 7.32. The van der Waals surface area contributed by atoms with Crippen LogP contribution in [0.25, 0.3) is 17.1 Å². The molecule has 0 bridgehead atoms. The van der Waals surface area contributed by atoms with E-state index in [4.69, 9.17) is 4.52 Å². The summed E-state index contributed by atoms with van der Waals surface area (Å²) in [5, 5.41) is 12.5. The lowest BCUT2D eigenvalue weighted by atomic mass is 10.1. The summed E-state index contributed by atoms with van der Waals surface area (Å²) in [6.07, 6.45) is 4.84. The van der Waals surface area contributed by atoms with Gasteiger partial charge in [-0.1, -0.05) is 47.1 Å². The molecule has 0 saturated carbocycles. The number of benzene rings is 2. The van der Waals surface area contributed by atoms with E-state index in [1.807, 2.05) is 60.4 Å². The minimum absolute atomic E-state index is 0.0899. The molecular formula is C22H20N6O2. The van der Waals surface area contributed by atoms with Crippen LogP contribution in [-0.2, 0) is 0 Å². The highest BCUT2D eigenvalue weighted by molar-refractivity contribution is 5.98. The van der Waals surface area contributed by atoms with Crippen molar-refractivity contribution < 1.29 is 9.32 Å². The van der Waals surface area contributed by atoms with Crippen molar-refractivity contribution in [3.05, 3.63) is 77.9 Å². The molecule has 30 heavy (non-hydrogen) atoms. The Labute approximate surface area is 173 Å². The summed E-state index contributed by atoms with van der Waals surface area (Å²) >= 11 is 0. The Morgan fingerprint density at radius 2 is 1.90 bits per heavy atom. The normalized spacial score (nSPS) is 16.2. The summed E-state index contributed by atoms with van der Waals surface area (Å²) in [4.78, 5) is 21.4. The number of carbonyl (C=O) groups is 1. The van der Waals surface area contributed by atoms with Gasteiger partial charge in [0.05, 0.1) is 23.6 Å². The smallest absolute Gasteiger partial charge is 0.256 e. The molecule has 1 fully saturated rings. The third-order valence-electron chi connectivity index (χ3n) is 5.29. The van der Waals surface area contributed by atoms with E-state index in [9.17, 15) is 4.79 Å². The van der Waals surface area contributed by atoms with E-state index >= 15 is 0 Å². The summed E-state index contributed by atoms with van der Waals surface area (Å²) in [5.41, 5.74) is 3.08. The maximum absolute atomic E-state index is 13.5. The number of aromatic nitrogens is 5. The van der Waals surface area contributed by atoms with Gasteiger partial charge in [0.25, 0.3) is 5.91 Å². The number of hydrogen-bond donors (Lipinski definition) is 0. The van der Waals surface area contributed by atoms with E-state index in [0.29, 0.717) is 29.5 Å². The van der Waals surface area contributed by atoms with Gasteiger partial charge in [-0.2, -0.15) is 20.0 Å². The van der Waals surface area contributed by atoms with Gasteiger partial charge in [-0.05, 0) is 31.9 Å². The number of likely N-dealkylation sites (tertiary alicyclic amines) is 1. The van der Waals surface area contributed by atoms with Crippen LogP contribution in [0.3, 0.4) is 0 Å². The monoisotopic (exact) mass is 400 g/mol. The van der Waals surface area contributed by atoms with Gasteiger partial charge in [-0.25, -0.2) is 0 Å². The van der Waals surface area contributed by atoms with Crippen LogP contribution >= 0.6 is 0 Å². The fraction of sp³-hybridized carbons (Fsp3) is 0.227. The third kappa shape index (κ3) is 3.26. The molecule has 2 aromatic carbocycles. The van der Waals surface area contributed by atoms with Crippen LogP contribution in [0.2, 0.25) is 0 Å². The van der Waals surface area contributed by atoms with Gasteiger partial charge >= 0.3 is 0 Å².